The number of unbranched alkanes of at least 4 members (excludes halogenated alkanes) is 5. The molecule has 222 valence electrons. The molecule has 0 saturated heterocycles. The van der Waals surface area contributed by atoms with Crippen LogP contribution in [0.3, 0.4) is 0 Å². The van der Waals surface area contributed by atoms with Gasteiger partial charge in [-0.15, -0.1) is 0 Å². The van der Waals surface area contributed by atoms with E-state index >= 15 is 0 Å². The van der Waals surface area contributed by atoms with Crippen molar-refractivity contribution in [1.82, 2.24) is 0 Å². The van der Waals surface area contributed by atoms with Gasteiger partial charge < -0.3 is 14.2 Å². The van der Waals surface area contributed by atoms with Gasteiger partial charge in [0.05, 0.1) is 22.7 Å². The van der Waals surface area contributed by atoms with E-state index in [0.717, 1.165) is 47.3 Å². The highest BCUT2D eigenvalue weighted by Crippen LogP contribution is 2.34. The van der Waals surface area contributed by atoms with Crippen LogP contribution in [0.2, 0.25) is 0 Å². The van der Waals surface area contributed by atoms with E-state index < -0.39 is 5.97 Å². The Hall–Kier alpha value is -2.01. The first kappa shape index (κ1) is 32.5. The molecule has 0 unspecified atom stereocenters. The molecule has 0 N–H and O–H groups in total. The first-order chi connectivity index (χ1) is 19.5. The van der Waals surface area contributed by atoms with Crippen LogP contribution in [0.25, 0.3) is 0 Å². The summed E-state index contributed by atoms with van der Waals surface area (Å²) in [6.45, 7) is 7.33. The van der Waals surface area contributed by atoms with E-state index in [1.807, 2.05) is 18.2 Å². The number of benzene rings is 2. The number of carbonyl (C=O) groups is 1. The zero-order chi connectivity index (χ0) is 28.6. The van der Waals surface area contributed by atoms with Crippen molar-refractivity contribution in [2.45, 2.75) is 123 Å². The zero-order valence-electron chi connectivity index (χ0n) is 25.1. The average molecular weight is 616 g/mol. The van der Waals surface area contributed by atoms with Gasteiger partial charge in [-0.1, -0.05) is 84.5 Å². The quantitative estimate of drug-likeness (QED) is 0.0951. The van der Waals surface area contributed by atoms with E-state index in [4.69, 9.17) is 14.2 Å². The maximum absolute atomic E-state index is 12.7. The molecular formula is C35H51BrO4. The molecule has 2 aromatic rings. The van der Waals surface area contributed by atoms with Crippen LogP contribution in [0, 0.1) is 11.8 Å². The first-order valence-electron chi connectivity index (χ1n) is 15.9. The molecular weight excluding hydrogens is 564 g/mol. The lowest BCUT2D eigenvalue weighted by atomic mass is 9.78. The second-order valence-electron chi connectivity index (χ2n) is 11.7. The minimum absolute atomic E-state index is 0.131. The van der Waals surface area contributed by atoms with Crippen molar-refractivity contribution >= 4 is 21.9 Å². The summed E-state index contributed by atoms with van der Waals surface area (Å²) < 4.78 is 18.4. The molecule has 0 spiro atoms. The number of esters is 1. The minimum Gasteiger partial charge on any atom is -0.494 e. The molecule has 4 nitrogen and oxygen atoms in total. The summed E-state index contributed by atoms with van der Waals surface area (Å²) in [6, 6.07) is 12.7. The molecule has 0 heterocycles. The molecule has 1 atom stereocenters. The number of halogens is 1. The van der Waals surface area contributed by atoms with Crippen LogP contribution in [-0.4, -0.2) is 18.7 Å². The molecule has 1 fully saturated rings. The standard InChI is InChI=1S/C35H51BrO4/c1-4-6-8-10-12-27(3)39-34-24-19-30(26-33(34)36)35(37)40-32-22-20-31(21-23-32)38-25-11-14-29-17-15-28(16-18-29)13-9-7-5-2/h19-24,26-29H,4-18,25H2,1-3H3/t27-,28?,29?/m0/s1. The van der Waals surface area contributed by atoms with Gasteiger partial charge in [-0.25, -0.2) is 4.79 Å². The maximum Gasteiger partial charge on any atom is 0.343 e. The normalized spacial score (nSPS) is 17.8. The van der Waals surface area contributed by atoms with E-state index in [1.165, 1.54) is 83.5 Å². The van der Waals surface area contributed by atoms with Crippen LogP contribution >= 0.6 is 15.9 Å². The molecule has 0 bridgehead atoms. The van der Waals surface area contributed by atoms with Crippen molar-refractivity contribution in [3.63, 3.8) is 0 Å². The zero-order valence-corrected chi connectivity index (χ0v) is 26.7. The summed E-state index contributed by atoms with van der Waals surface area (Å²) >= 11 is 3.55. The van der Waals surface area contributed by atoms with Crippen molar-refractivity contribution in [3.05, 3.63) is 52.5 Å². The fraction of sp³-hybridized carbons (Fsp3) is 0.629. The summed E-state index contributed by atoms with van der Waals surface area (Å²) in [4.78, 5) is 12.7. The van der Waals surface area contributed by atoms with Crippen molar-refractivity contribution in [2.75, 3.05) is 6.61 Å². The largest absolute Gasteiger partial charge is 0.494 e. The van der Waals surface area contributed by atoms with Gasteiger partial charge in [-0.2, -0.15) is 0 Å². The Morgan fingerprint density at radius 3 is 2.10 bits per heavy atom. The van der Waals surface area contributed by atoms with E-state index in [1.54, 1.807) is 24.3 Å². The van der Waals surface area contributed by atoms with E-state index in [9.17, 15) is 4.79 Å². The van der Waals surface area contributed by atoms with Gasteiger partial charge in [-0.05, 0) is 103 Å². The molecule has 1 saturated carbocycles. The average Bonchev–Trinajstić information content (AvgIpc) is 2.96. The Morgan fingerprint density at radius 2 is 1.45 bits per heavy atom. The smallest absolute Gasteiger partial charge is 0.343 e. The van der Waals surface area contributed by atoms with Gasteiger partial charge in [0, 0.05) is 0 Å². The van der Waals surface area contributed by atoms with Gasteiger partial charge in [-0.3, -0.25) is 0 Å². The summed E-state index contributed by atoms with van der Waals surface area (Å²) in [6.07, 6.45) is 19.6. The van der Waals surface area contributed by atoms with Gasteiger partial charge in [0.25, 0.3) is 0 Å². The molecule has 0 radical (unpaired) electrons. The molecule has 2 aromatic carbocycles. The number of carbonyl (C=O) groups excluding carboxylic acids is 1. The number of hydrogen-bond donors (Lipinski definition) is 0. The van der Waals surface area contributed by atoms with E-state index in [0.29, 0.717) is 11.3 Å². The second-order valence-corrected chi connectivity index (χ2v) is 12.5. The van der Waals surface area contributed by atoms with Gasteiger partial charge in [0.15, 0.2) is 0 Å². The topological polar surface area (TPSA) is 44.8 Å². The molecule has 1 aliphatic rings. The van der Waals surface area contributed by atoms with Crippen molar-refractivity contribution in [3.8, 4) is 17.2 Å². The van der Waals surface area contributed by atoms with Crippen LogP contribution in [0.5, 0.6) is 17.2 Å². The van der Waals surface area contributed by atoms with E-state index in [2.05, 4.69) is 36.7 Å². The highest BCUT2D eigenvalue weighted by Gasteiger charge is 2.20. The Kier molecular flexibility index (Phi) is 15.0. The maximum atomic E-state index is 12.7. The third kappa shape index (κ3) is 11.8. The molecule has 5 heteroatoms. The van der Waals surface area contributed by atoms with Crippen molar-refractivity contribution in [2.24, 2.45) is 11.8 Å². The Balaban J connectivity index is 1.34. The molecule has 3 rings (SSSR count). The Bertz CT molecular complexity index is 981. The van der Waals surface area contributed by atoms with Crippen LogP contribution in [0.4, 0.5) is 0 Å². The molecule has 40 heavy (non-hydrogen) atoms. The lowest BCUT2D eigenvalue weighted by Gasteiger charge is -2.28. The highest BCUT2D eigenvalue weighted by atomic mass is 79.9. The molecule has 1 aliphatic carbocycles. The van der Waals surface area contributed by atoms with E-state index in [-0.39, 0.29) is 6.10 Å². The van der Waals surface area contributed by atoms with Crippen molar-refractivity contribution < 1.29 is 19.0 Å². The molecule has 0 amide bonds. The van der Waals surface area contributed by atoms with Crippen LogP contribution in [-0.2, 0) is 0 Å². The fourth-order valence-electron chi connectivity index (χ4n) is 5.68. The van der Waals surface area contributed by atoms with Gasteiger partial charge >= 0.3 is 5.97 Å². The lowest BCUT2D eigenvalue weighted by Crippen LogP contribution is -2.15. The highest BCUT2D eigenvalue weighted by molar-refractivity contribution is 9.10. The fourth-order valence-corrected chi connectivity index (χ4v) is 6.15. The molecule has 0 aromatic heterocycles. The third-order valence-electron chi connectivity index (χ3n) is 8.20. The van der Waals surface area contributed by atoms with Crippen LogP contribution in [0.1, 0.15) is 127 Å². The predicted octanol–water partition coefficient (Wildman–Crippen LogP) is 11.0. The third-order valence-corrected chi connectivity index (χ3v) is 8.82. The van der Waals surface area contributed by atoms with Gasteiger partial charge in [0.2, 0.25) is 0 Å². The predicted molar refractivity (Wildman–Crippen MR) is 169 cm³/mol. The number of rotatable bonds is 18. The minimum atomic E-state index is -0.395. The summed E-state index contributed by atoms with van der Waals surface area (Å²) in [7, 11) is 0. The Morgan fingerprint density at radius 1 is 0.825 bits per heavy atom. The van der Waals surface area contributed by atoms with Crippen LogP contribution in [0.15, 0.2) is 46.9 Å². The summed E-state index contributed by atoms with van der Waals surface area (Å²) in [5.41, 5.74) is 0.477. The monoisotopic (exact) mass is 614 g/mol. The number of hydrogen-bond acceptors (Lipinski definition) is 4. The summed E-state index contributed by atoms with van der Waals surface area (Å²) in [5, 5.41) is 0. The Labute approximate surface area is 251 Å². The SMILES string of the molecule is CCCCCC[C@H](C)Oc1ccc(C(=O)Oc2ccc(OCCCC3CCC(CCCCC)CC3)cc2)cc1Br. The lowest BCUT2D eigenvalue weighted by molar-refractivity contribution is 0.0734. The second kappa shape index (κ2) is 18.4. The summed E-state index contributed by atoms with van der Waals surface area (Å²) in [5.74, 6) is 3.51. The first-order valence-corrected chi connectivity index (χ1v) is 16.7. The van der Waals surface area contributed by atoms with Gasteiger partial charge in [0.1, 0.15) is 17.2 Å². The molecule has 0 aliphatic heterocycles. The van der Waals surface area contributed by atoms with Crippen molar-refractivity contribution in [1.29, 1.82) is 0 Å². The van der Waals surface area contributed by atoms with Crippen LogP contribution < -0.4 is 14.2 Å². The number of ether oxygens (including phenoxy) is 3.